The first-order valence-electron chi connectivity index (χ1n) is 10.6. The zero-order chi connectivity index (χ0) is 22.7. The number of carbonyl (C=O) groups is 1. The van der Waals surface area contributed by atoms with Gasteiger partial charge in [0.25, 0.3) is 0 Å². The third-order valence-electron chi connectivity index (χ3n) is 6.65. The topological polar surface area (TPSA) is 60.9 Å². The summed E-state index contributed by atoms with van der Waals surface area (Å²) in [6.45, 7) is 0. The SMILES string of the molecule is NC(=O)C1(c2ccc(-c3ccc(-n4nc(C(F)(F)F)cc4C4CC4)c(F)c3)cc2)CCC1. The fraction of sp³-hybridized carbons (Fsp3) is 0.333. The van der Waals surface area contributed by atoms with E-state index >= 15 is 4.39 Å². The number of alkyl halides is 3. The highest BCUT2D eigenvalue weighted by atomic mass is 19.4. The summed E-state index contributed by atoms with van der Waals surface area (Å²) < 4.78 is 55.6. The van der Waals surface area contributed by atoms with E-state index in [0.717, 1.165) is 54.0 Å². The summed E-state index contributed by atoms with van der Waals surface area (Å²) in [5.41, 5.74) is 6.50. The second-order valence-electron chi connectivity index (χ2n) is 8.68. The highest BCUT2D eigenvalue weighted by Gasteiger charge is 2.44. The normalized spacial score (nSPS) is 17.8. The van der Waals surface area contributed by atoms with Crippen LogP contribution < -0.4 is 5.73 Å². The average Bonchev–Trinajstić information content (AvgIpc) is 3.44. The van der Waals surface area contributed by atoms with Gasteiger partial charge in [-0.15, -0.1) is 0 Å². The van der Waals surface area contributed by atoms with E-state index in [-0.39, 0.29) is 17.5 Å². The number of hydrogen-bond donors (Lipinski definition) is 1. The molecule has 1 aromatic heterocycles. The Labute approximate surface area is 182 Å². The molecule has 0 bridgehead atoms. The molecule has 2 aliphatic carbocycles. The van der Waals surface area contributed by atoms with Gasteiger partial charge in [-0.3, -0.25) is 4.79 Å². The lowest BCUT2D eigenvalue weighted by molar-refractivity contribution is -0.141. The second kappa shape index (κ2) is 7.18. The van der Waals surface area contributed by atoms with Crippen molar-refractivity contribution in [2.45, 2.75) is 49.6 Å². The summed E-state index contributed by atoms with van der Waals surface area (Å²) >= 11 is 0. The number of benzene rings is 2. The predicted octanol–water partition coefficient (Wildman–Crippen LogP) is 5.48. The minimum absolute atomic E-state index is 0.00933. The molecule has 166 valence electrons. The van der Waals surface area contributed by atoms with Gasteiger partial charge in [0.05, 0.1) is 5.41 Å². The molecule has 3 aromatic rings. The zero-order valence-electron chi connectivity index (χ0n) is 17.1. The van der Waals surface area contributed by atoms with E-state index in [1.54, 1.807) is 18.2 Å². The van der Waals surface area contributed by atoms with Crippen LogP contribution in [-0.4, -0.2) is 15.7 Å². The van der Waals surface area contributed by atoms with E-state index in [2.05, 4.69) is 5.10 Å². The van der Waals surface area contributed by atoms with E-state index in [0.29, 0.717) is 11.3 Å². The quantitative estimate of drug-likeness (QED) is 0.531. The van der Waals surface area contributed by atoms with Crippen LogP contribution in [0.15, 0.2) is 48.5 Å². The second-order valence-corrected chi connectivity index (χ2v) is 8.68. The van der Waals surface area contributed by atoms with Crippen molar-refractivity contribution in [1.82, 2.24) is 9.78 Å². The summed E-state index contributed by atoms with van der Waals surface area (Å²) in [6.07, 6.45) is -0.667. The molecule has 2 aliphatic rings. The number of aromatic nitrogens is 2. The first kappa shape index (κ1) is 20.7. The van der Waals surface area contributed by atoms with Crippen LogP contribution in [0.25, 0.3) is 16.8 Å². The van der Waals surface area contributed by atoms with Crippen molar-refractivity contribution in [3.05, 3.63) is 71.3 Å². The van der Waals surface area contributed by atoms with Crippen LogP contribution in [0.2, 0.25) is 0 Å². The zero-order valence-corrected chi connectivity index (χ0v) is 17.1. The summed E-state index contributed by atoms with van der Waals surface area (Å²) in [5, 5.41) is 3.66. The third-order valence-corrected chi connectivity index (χ3v) is 6.65. The molecule has 2 saturated carbocycles. The van der Waals surface area contributed by atoms with E-state index in [9.17, 15) is 18.0 Å². The minimum Gasteiger partial charge on any atom is -0.369 e. The lowest BCUT2D eigenvalue weighted by Crippen LogP contribution is -2.46. The Balaban J connectivity index is 1.47. The standard InChI is InChI=1S/C24H21F4N3O/c25-18-12-16(14-4-7-17(8-5-14)23(22(29)32)10-1-11-23)6-9-19(18)31-20(15-2-3-15)13-21(30-31)24(26,27)28/h4-9,12-13,15H,1-3,10-11H2,(H2,29,32). The lowest BCUT2D eigenvalue weighted by Gasteiger charge is -2.39. The number of primary amides is 1. The molecule has 0 atom stereocenters. The number of carbonyl (C=O) groups excluding carboxylic acids is 1. The van der Waals surface area contributed by atoms with Crippen LogP contribution in [0.1, 0.15) is 55.0 Å². The van der Waals surface area contributed by atoms with Crippen molar-refractivity contribution in [1.29, 1.82) is 0 Å². The Hall–Kier alpha value is -3.16. The maximum Gasteiger partial charge on any atom is 0.435 e. The van der Waals surface area contributed by atoms with Crippen molar-refractivity contribution in [3.63, 3.8) is 0 Å². The number of rotatable bonds is 5. The Bertz CT molecular complexity index is 1190. The smallest absolute Gasteiger partial charge is 0.369 e. The van der Waals surface area contributed by atoms with Gasteiger partial charge in [0.15, 0.2) is 5.69 Å². The van der Waals surface area contributed by atoms with Crippen molar-refractivity contribution in [2.75, 3.05) is 0 Å². The molecule has 0 aliphatic heterocycles. The lowest BCUT2D eigenvalue weighted by atomic mass is 9.64. The van der Waals surface area contributed by atoms with E-state index in [1.165, 1.54) is 12.1 Å². The van der Waals surface area contributed by atoms with Crippen LogP contribution >= 0.6 is 0 Å². The maximum atomic E-state index is 15.0. The number of hydrogen-bond acceptors (Lipinski definition) is 2. The molecular formula is C24H21F4N3O. The molecule has 8 heteroatoms. The van der Waals surface area contributed by atoms with Gasteiger partial charge in [-0.2, -0.15) is 18.3 Å². The van der Waals surface area contributed by atoms with Gasteiger partial charge >= 0.3 is 6.18 Å². The molecule has 0 saturated heterocycles. The van der Waals surface area contributed by atoms with Gasteiger partial charge in [-0.05, 0) is 60.6 Å². The van der Waals surface area contributed by atoms with Crippen LogP contribution in [0.3, 0.4) is 0 Å². The van der Waals surface area contributed by atoms with Gasteiger partial charge in [-0.1, -0.05) is 36.8 Å². The van der Waals surface area contributed by atoms with Gasteiger partial charge in [-0.25, -0.2) is 9.07 Å². The fourth-order valence-corrected chi connectivity index (χ4v) is 4.44. The van der Waals surface area contributed by atoms with Gasteiger partial charge < -0.3 is 5.73 Å². The molecule has 2 fully saturated rings. The molecule has 2 N–H and O–H groups in total. The number of nitrogens with two attached hydrogens (primary N) is 1. The molecule has 0 spiro atoms. The van der Waals surface area contributed by atoms with Crippen molar-refractivity contribution >= 4 is 5.91 Å². The molecule has 0 radical (unpaired) electrons. The molecule has 5 rings (SSSR count). The van der Waals surface area contributed by atoms with Gasteiger partial charge in [0, 0.05) is 11.6 Å². The molecule has 4 nitrogen and oxygen atoms in total. The Morgan fingerprint density at radius 1 is 1.03 bits per heavy atom. The summed E-state index contributed by atoms with van der Waals surface area (Å²) in [4.78, 5) is 11.9. The molecule has 1 heterocycles. The highest BCUT2D eigenvalue weighted by molar-refractivity contribution is 5.88. The summed E-state index contributed by atoms with van der Waals surface area (Å²) in [5.74, 6) is -1.02. The maximum absolute atomic E-state index is 15.0. The highest BCUT2D eigenvalue weighted by Crippen LogP contribution is 2.45. The molecule has 2 aromatic carbocycles. The number of amides is 1. The van der Waals surface area contributed by atoms with Gasteiger partial charge in [0.2, 0.25) is 5.91 Å². The van der Waals surface area contributed by atoms with Crippen molar-refractivity contribution in [3.8, 4) is 16.8 Å². The Morgan fingerprint density at radius 2 is 1.69 bits per heavy atom. The third kappa shape index (κ3) is 3.38. The molecule has 1 amide bonds. The van der Waals surface area contributed by atoms with Crippen LogP contribution in [0.4, 0.5) is 17.6 Å². The van der Waals surface area contributed by atoms with Crippen LogP contribution in [-0.2, 0) is 16.4 Å². The Kier molecular flexibility index (Phi) is 4.65. The van der Waals surface area contributed by atoms with Crippen molar-refractivity contribution < 1.29 is 22.4 Å². The fourth-order valence-electron chi connectivity index (χ4n) is 4.44. The predicted molar refractivity (Wildman–Crippen MR) is 111 cm³/mol. The monoisotopic (exact) mass is 443 g/mol. The molecular weight excluding hydrogens is 422 g/mol. The molecule has 32 heavy (non-hydrogen) atoms. The van der Waals surface area contributed by atoms with Gasteiger partial charge in [0.1, 0.15) is 11.5 Å². The van der Waals surface area contributed by atoms with E-state index in [4.69, 9.17) is 5.73 Å². The van der Waals surface area contributed by atoms with Crippen LogP contribution in [0.5, 0.6) is 0 Å². The average molecular weight is 443 g/mol. The van der Waals surface area contributed by atoms with Crippen molar-refractivity contribution in [2.24, 2.45) is 5.73 Å². The first-order valence-corrected chi connectivity index (χ1v) is 10.6. The number of halogens is 4. The number of nitrogens with zero attached hydrogens (tertiary/aromatic N) is 2. The van der Waals surface area contributed by atoms with E-state index in [1.807, 2.05) is 12.1 Å². The summed E-state index contributed by atoms with van der Waals surface area (Å²) in [7, 11) is 0. The minimum atomic E-state index is -4.59. The largest absolute Gasteiger partial charge is 0.435 e. The first-order chi connectivity index (χ1) is 15.2. The molecule has 0 unspecified atom stereocenters. The summed E-state index contributed by atoms with van der Waals surface area (Å²) in [6, 6.07) is 12.7. The van der Waals surface area contributed by atoms with Crippen LogP contribution in [0, 0.1) is 5.82 Å². The Morgan fingerprint density at radius 3 is 2.19 bits per heavy atom. The van der Waals surface area contributed by atoms with E-state index < -0.39 is 23.1 Å².